The predicted molar refractivity (Wildman–Crippen MR) is 125 cm³/mol. The average Bonchev–Trinajstić information content (AvgIpc) is 2.72. The lowest BCUT2D eigenvalue weighted by atomic mass is 10.1. The summed E-state index contributed by atoms with van der Waals surface area (Å²) in [5.74, 6) is -0.555. The number of carbonyl (C=O) groups excluding carboxylic acids is 2. The maximum Gasteiger partial charge on any atom is 0.338 e. The molecule has 0 aliphatic rings. The Labute approximate surface area is 192 Å². The van der Waals surface area contributed by atoms with Gasteiger partial charge in [-0.3, -0.25) is 4.79 Å². The summed E-state index contributed by atoms with van der Waals surface area (Å²) in [6, 6.07) is 12.0. The van der Waals surface area contributed by atoms with E-state index in [0.29, 0.717) is 39.9 Å². The fourth-order valence-corrected chi connectivity index (χ4v) is 3.50. The van der Waals surface area contributed by atoms with Crippen molar-refractivity contribution >= 4 is 58.1 Å². The van der Waals surface area contributed by atoms with Crippen LogP contribution in [0, 0.1) is 0 Å². The minimum atomic E-state index is -0.403. The summed E-state index contributed by atoms with van der Waals surface area (Å²) in [5.41, 5.74) is 1.79. The first-order valence-corrected chi connectivity index (χ1v) is 10.8. The molecule has 1 N–H and O–H groups in total. The quantitative estimate of drug-likeness (QED) is 0.395. The zero-order chi connectivity index (χ0) is 22.1. The van der Waals surface area contributed by atoms with E-state index < -0.39 is 5.97 Å². The van der Waals surface area contributed by atoms with Gasteiger partial charge in [-0.2, -0.15) is 0 Å². The number of nitrogens with one attached hydrogen (secondary N) is 1. The molecule has 0 radical (unpaired) electrons. The van der Waals surface area contributed by atoms with Gasteiger partial charge in [-0.1, -0.05) is 42.6 Å². The van der Waals surface area contributed by atoms with Gasteiger partial charge in [0.1, 0.15) is 0 Å². The Morgan fingerprint density at radius 1 is 1.07 bits per heavy atom. The molecule has 0 fully saturated rings. The van der Waals surface area contributed by atoms with Crippen molar-refractivity contribution in [1.29, 1.82) is 0 Å². The minimum absolute atomic E-state index is 0.153. The Balaban J connectivity index is 2.32. The Kier molecular flexibility index (Phi) is 9.56. The second kappa shape index (κ2) is 11.9. The van der Waals surface area contributed by atoms with Crippen molar-refractivity contribution in [2.45, 2.75) is 39.7 Å². The molecule has 2 aromatic rings. The van der Waals surface area contributed by atoms with Gasteiger partial charge in [-0.25, -0.2) is 4.79 Å². The molecule has 160 valence electrons. The van der Waals surface area contributed by atoms with E-state index in [0.717, 1.165) is 12.8 Å². The number of nitrogens with zero attached hydrogens (tertiary/aromatic N) is 1. The first kappa shape index (κ1) is 24.1. The molecule has 30 heavy (non-hydrogen) atoms. The highest BCUT2D eigenvalue weighted by Gasteiger charge is 2.19. The van der Waals surface area contributed by atoms with Crippen molar-refractivity contribution < 1.29 is 14.3 Å². The van der Waals surface area contributed by atoms with Gasteiger partial charge >= 0.3 is 5.97 Å². The van der Waals surface area contributed by atoms with Crippen molar-refractivity contribution in [2.75, 3.05) is 11.5 Å². The maximum atomic E-state index is 12.2. The number of benzene rings is 2. The smallest absolute Gasteiger partial charge is 0.338 e. The van der Waals surface area contributed by atoms with Crippen LogP contribution in [0.2, 0.25) is 10.0 Å². The van der Waals surface area contributed by atoms with E-state index in [1.165, 1.54) is 0 Å². The van der Waals surface area contributed by atoms with Gasteiger partial charge in [0.05, 0.1) is 18.7 Å². The second-order valence-electron chi connectivity index (χ2n) is 6.51. The molecular weight excluding hydrogens is 443 g/mol. The van der Waals surface area contributed by atoms with Crippen molar-refractivity contribution in [2.24, 2.45) is 0 Å². The zero-order valence-electron chi connectivity index (χ0n) is 16.9. The Hall–Kier alpha value is -2.15. The molecule has 0 aliphatic carbocycles. The highest BCUT2D eigenvalue weighted by atomic mass is 35.5. The number of hydrogen-bond acceptors (Lipinski definition) is 4. The van der Waals surface area contributed by atoms with E-state index in [1.807, 2.05) is 6.92 Å². The van der Waals surface area contributed by atoms with Gasteiger partial charge < -0.3 is 15.0 Å². The van der Waals surface area contributed by atoms with Gasteiger partial charge in [-0.05, 0) is 62.0 Å². The Morgan fingerprint density at radius 2 is 1.70 bits per heavy atom. The molecule has 0 spiro atoms. The third-order valence-corrected chi connectivity index (χ3v) is 5.35. The second-order valence-corrected chi connectivity index (χ2v) is 7.71. The third-order valence-electron chi connectivity index (χ3n) is 4.32. The highest BCUT2D eigenvalue weighted by Crippen LogP contribution is 2.28. The van der Waals surface area contributed by atoms with E-state index in [9.17, 15) is 9.59 Å². The topological polar surface area (TPSA) is 58.6 Å². The first-order chi connectivity index (χ1) is 14.4. The van der Waals surface area contributed by atoms with Crippen molar-refractivity contribution in [3.05, 3.63) is 63.6 Å². The molecule has 2 aromatic carbocycles. The van der Waals surface area contributed by atoms with E-state index in [4.69, 9.17) is 40.2 Å². The summed E-state index contributed by atoms with van der Waals surface area (Å²) in [6.45, 7) is 4.32. The molecule has 2 rings (SSSR count). The van der Waals surface area contributed by atoms with E-state index in [-0.39, 0.29) is 17.6 Å². The number of halogens is 2. The largest absolute Gasteiger partial charge is 0.462 e. The molecule has 0 saturated carbocycles. The molecule has 0 atom stereocenters. The standard InChI is InChI=1S/C22H24Cl2N2O3S/c1-3-5-9-20(27)25-22(30)26(14-17-18(23)7-6-8-19(17)24)16-12-10-15(11-13-16)21(28)29-4-2/h6-8,10-13H,3-5,9,14H2,1-2H3,(H,25,27,30). The number of thiocarbonyl (C=S) groups is 1. The SMILES string of the molecule is CCCCC(=O)NC(=S)N(Cc1c(Cl)cccc1Cl)c1ccc(C(=O)OCC)cc1. The number of amides is 1. The summed E-state index contributed by atoms with van der Waals surface area (Å²) < 4.78 is 5.02. The van der Waals surface area contributed by atoms with Crippen LogP contribution in [-0.2, 0) is 16.1 Å². The number of unbranched alkanes of at least 4 members (excludes halogenated alkanes) is 1. The van der Waals surface area contributed by atoms with Crippen LogP contribution in [0.3, 0.4) is 0 Å². The fraction of sp³-hybridized carbons (Fsp3) is 0.318. The Bertz CT molecular complexity index is 884. The molecule has 0 bridgehead atoms. The number of anilines is 1. The molecule has 0 aromatic heterocycles. The number of hydrogen-bond donors (Lipinski definition) is 1. The third kappa shape index (κ3) is 6.69. The van der Waals surface area contributed by atoms with Crippen LogP contribution in [0.25, 0.3) is 0 Å². The average molecular weight is 467 g/mol. The molecule has 0 heterocycles. The van der Waals surface area contributed by atoms with Crippen LogP contribution in [0.1, 0.15) is 49.0 Å². The van der Waals surface area contributed by atoms with Crippen LogP contribution >= 0.6 is 35.4 Å². The highest BCUT2D eigenvalue weighted by molar-refractivity contribution is 7.80. The number of esters is 1. The van der Waals surface area contributed by atoms with Crippen LogP contribution in [-0.4, -0.2) is 23.6 Å². The summed E-state index contributed by atoms with van der Waals surface area (Å²) in [4.78, 5) is 25.9. The molecule has 1 amide bonds. The molecule has 0 unspecified atom stereocenters. The lowest BCUT2D eigenvalue weighted by Crippen LogP contribution is -2.42. The van der Waals surface area contributed by atoms with Gasteiger partial charge in [0.25, 0.3) is 0 Å². The molecule has 5 nitrogen and oxygen atoms in total. The fourth-order valence-electron chi connectivity index (χ4n) is 2.70. The normalized spacial score (nSPS) is 10.4. The molecule has 0 aliphatic heterocycles. The van der Waals surface area contributed by atoms with Crippen molar-refractivity contribution in [3.8, 4) is 0 Å². The van der Waals surface area contributed by atoms with Crippen molar-refractivity contribution in [1.82, 2.24) is 5.32 Å². The number of carbonyl (C=O) groups is 2. The van der Waals surface area contributed by atoms with Gasteiger partial charge in [-0.15, -0.1) is 0 Å². The van der Waals surface area contributed by atoms with Gasteiger partial charge in [0, 0.05) is 27.7 Å². The molecular formula is C22H24Cl2N2O3S. The lowest BCUT2D eigenvalue weighted by Gasteiger charge is -2.26. The molecule has 8 heteroatoms. The zero-order valence-corrected chi connectivity index (χ0v) is 19.2. The van der Waals surface area contributed by atoms with Crippen LogP contribution in [0.15, 0.2) is 42.5 Å². The van der Waals surface area contributed by atoms with Crippen LogP contribution in [0.4, 0.5) is 5.69 Å². The number of rotatable bonds is 8. The predicted octanol–water partition coefficient (Wildman–Crippen LogP) is 5.77. The molecule has 0 saturated heterocycles. The van der Waals surface area contributed by atoms with E-state index >= 15 is 0 Å². The Morgan fingerprint density at radius 3 is 2.27 bits per heavy atom. The maximum absolute atomic E-state index is 12.2. The van der Waals surface area contributed by atoms with E-state index in [1.54, 1.807) is 54.3 Å². The van der Waals surface area contributed by atoms with Gasteiger partial charge in [0.15, 0.2) is 5.11 Å². The summed E-state index contributed by atoms with van der Waals surface area (Å²) in [5, 5.41) is 4.00. The first-order valence-electron chi connectivity index (χ1n) is 9.68. The summed E-state index contributed by atoms with van der Waals surface area (Å²) in [6.07, 6.45) is 2.08. The van der Waals surface area contributed by atoms with Gasteiger partial charge in [0.2, 0.25) is 5.91 Å². The van der Waals surface area contributed by atoms with E-state index in [2.05, 4.69) is 5.32 Å². The lowest BCUT2D eigenvalue weighted by molar-refractivity contribution is -0.119. The van der Waals surface area contributed by atoms with Crippen LogP contribution in [0.5, 0.6) is 0 Å². The monoisotopic (exact) mass is 466 g/mol. The number of ether oxygens (including phenoxy) is 1. The van der Waals surface area contributed by atoms with Crippen molar-refractivity contribution in [3.63, 3.8) is 0 Å². The van der Waals surface area contributed by atoms with Crippen LogP contribution < -0.4 is 10.2 Å². The summed E-state index contributed by atoms with van der Waals surface area (Å²) >= 11 is 18.2. The minimum Gasteiger partial charge on any atom is -0.462 e. The summed E-state index contributed by atoms with van der Waals surface area (Å²) in [7, 11) is 0.